The largest absolute Gasteiger partial charge is 0.481 e. The highest BCUT2D eigenvalue weighted by Gasteiger charge is 2.34. The standard InChI is InChI=1S/C27H26N4O6.C2H4O2/c1-31-21-12-11-19(25(34)30-20(14-23(32)33)17-5-3-2-4-6-17)13-22(21)37-27(26(31)35)36-15-16-7-9-18(10-8-16)24(28)29;1-2(3)4/h2-13,20,27H,14-15H2,1H3,(H3,28,29)(H,30,34)(H,32,33);1H3,(H,3,4)/t20-,27?;/m0./s1. The number of carbonyl (C=O) groups is 4. The number of hydrogen-bond donors (Lipinski definition) is 5. The maximum absolute atomic E-state index is 13.0. The van der Waals surface area contributed by atoms with Crippen molar-refractivity contribution in [3.8, 4) is 5.75 Å². The van der Waals surface area contributed by atoms with Crippen LogP contribution in [-0.2, 0) is 25.7 Å². The third-order valence-electron chi connectivity index (χ3n) is 5.90. The number of hydrogen-bond acceptors (Lipinski definition) is 7. The van der Waals surface area contributed by atoms with Gasteiger partial charge in [0, 0.05) is 25.1 Å². The molecule has 2 amide bonds. The van der Waals surface area contributed by atoms with Crippen molar-refractivity contribution >= 4 is 35.3 Å². The quantitative estimate of drug-likeness (QED) is 0.193. The minimum atomic E-state index is -1.23. The minimum absolute atomic E-state index is 0.0469. The summed E-state index contributed by atoms with van der Waals surface area (Å²) in [7, 11) is 1.58. The normalized spacial score (nSPS) is 14.4. The summed E-state index contributed by atoms with van der Waals surface area (Å²) in [4.78, 5) is 47.5. The molecule has 6 N–H and O–H groups in total. The molecule has 3 aromatic carbocycles. The Bertz CT molecular complexity index is 1420. The van der Waals surface area contributed by atoms with Crippen LogP contribution in [0.5, 0.6) is 5.75 Å². The molecule has 0 fully saturated rings. The van der Waals surface area contributed by atoms with Crippen LogP contribution in [0, 0.1) is 5.41 Å². The predicted molar refractivity (Wildman–Crippen MR) is 149 cm³/mol. The molecule has 0 aliphatic carbocycles. The Labute approximate surface area is 235 Å². The summed E-state index contributed by atoms with van der Waals surface area (Å²) in [5.74, 6) is -2.53. The van der Waals surface area contributed by atoms with Gasteiger partial charge in [-0.2, -0.15) is 0 Å². The number of rotatable bonds is 9. The lowest BCUT2D eigenvalue weighted by atomic mass is 10.0. The highest BCUT2D eigenvalue weighted by molar-refractivity contribution is 6.01. The maximum Gasteiger partial charge on any atom is 0.305 e. The van der Waals surface area contributed by atoms with E-state index in [1.165, 1.54) is 11.0 Å². The molecule has 0 saturated heterocycles. The SMILES string of the molecule is CC(=O)O.CN1C(=O)C(OCc2ccc(C(=N)N)cc2)Oc2cc(C(=O)N[C@@H](CC(=O)O)c3ccccc3)ccc21. The zero-order valence-electron chi connectivity index (χ0n) is 22.4. The van der Waals surface area contributed by atoms with Gasteiger partial charge < -0.3 is 35.6 Å². The molecule has 12 heteroatoms. The zero-order valence-corrected chi connectivity index (χ0v) is 22.4. The molecule has 12 nitrogen and oxygen atoms in total. The number of carboxylic acids is 2. The van der Waals surface area contributed by atoms with E-state index in [-0.39, 0.29) is 30.2 Å². The first kappa shape index (κ1) is 30.3. The summed E-state index contributed by atoms with van der Waals surface area (Å²) < 4.78 is 11.5. The molecule has 0 saturated carbocycles. The average molecular weight is 563 g/mol. The molecule has 3 aromatic rings. The smallest absolute Gasteiger partial charge is 0.305 e. The maximum atomic E-state index is 13.0. The number of amidine groups is 1. The number of amides is 2. The third kappa shape index (κ3) is 8.38. The molecular formula is C29H30N4O8. The molecule has 0 bridgehead atoms. The van der Waals surface area contributed by atoms with Crippen LogP contribution in [0.4, 0.5) is 5.69 Å². The predicted octanol–water partition coefficient (Wildman–Crippen LogP) is 2.91. The summed E-state index contributed by atoms with van der Waals surface area (Å²) in [5.41, 5.74) is 8.19. The minimum Gasteiger partial charge on any atom is -0.481 e. The lowest BCUT2D eigenvalue weighted by molar-refractivity contribution is -0.153. The fraction of sp³-hybridized carbons (Fsp3) is 0.207. The number of likely N-dealkylation sites (N-methyl/N-ethyl adjacent to an activating group) is 1. The van der Waals surface area contributed by atoms with Gasteiger partial charge in [-0.15, -0.1) is 0 Å². The number of fused-ring (bicyclic) bond motifs is 1. The number of carbonyl (C=O) groups excluding carboxylic acids is 2. The molecule has 1 heterocycles. The molecule has 1 aliphatic rings. The second kappa shape index (κ2) is 13.7. The highest BCUT2D eigenvalue weighted by Crippen LogP contribution is 2.34. The van der Waals surface area contributed by atoms with Gasteiger partial charge in [0.15, 0.2) is 0 Å². The molecule has 1 aliphatic heterocycles. The Balaban J connectivity index is 0.00000108. The zero-order chi connectivity index (χ0) is 30.1. The van der Waals surface area contributed by atoms with Crippen molar-refractivity contribution in [3.05, 3.63) is 95.1 Å². The molecule has 2 atom stereocenters. The van der Waals surface area contributed by atoms with Crippen molar-refractivity contribution in [1.29, 1.82) is 5.41 Å². The van der Waals surface area contributed by atoms with E-state index in [0.717, 1.165) is 12.5 Å². The van der Waals surface area contributed by atoms with Crippen LogP contribution in [0.3, 0.4) is 0 Å². The van der Waals surface area contributed by atoms with E-state index < -0.39 is 36.1 Å². The van der Waals surface area contributed by atoms with Crippen LogP contribution in [0.1, 0.15) is 46.4 Å². The van der Waals surface area contributed by atoms with Gasteiger partial charge in [0.1, 0.15) is 11.6 Å². The lowest BCUT2D eigenvalue weighted by Gasteiger charge is -2.32. The van der Waals surface area contributed by atoms with Gasteiger partial charge >= 0.3 is 5.97 Å². The van der Waals surface area contributed by atoms with E-state index in [1.54, 1.807) is 73.8 Å². The van der Waals surface area contributed by atoms with E-state index in [1.807, 2.05) is 0 Å². The Morgan fingerprint density at radius 1 is 1.05 bits per heavy atom. The van der Waals surface area contributed by atoms with Crippen molar-refractivity contribution in [2.75, 3.05) is 11.9 Å². The molecule has 0 radical (unpaired) electrons. The summed E-state index contributed by atoms with van der Waals surface area (Å²) in [6.45, 7) is 1.16. The van der Waals surface area contributed by atoms with Gasteiger partial charge in [-0.3, -0.25) is 24.6 Å². The Morgan fingerprint density at radius 2 is 1.66 bits per heavy atom. The van der Waals surface area contributed by atoms with Gasteiger partial charge in [0.05, 0.1) is 24.8 Å². The molecule has 4 rings (SSSR count). The van der Waals surface area contributed by atoms with E-state index in [4.69, 9.17) is 30.5 Å². The number of benzene rings is 3. The highest BCUT2D eigenvalue weighted by atomic mass is 16.7. The number of nitrogens with zero attached hydrogens (tertiary/aromatic N) is 1. The first-order valence-electron chi connectivity index (χ1n) is 12.4. The van der Waals surface area contributed by atoms with E-state index in [2.05, 4.69) is 5.32 Å². The number of nitrogen functional groups attached to an aromatic ring is 1. The van der Waals surface area contributed by atoms with Crippen LogP contribution in [0.2, 0.25) is 0 Å². The molecule has 41 heavy (non-hydrogen) atoms. The molecule has 1 unspecified atom stereocenters. The first-order chi connectivity index (χ1) is 19.5. The van der Waals surface area contributed by atoms with Crippen molar-refractivity contribution in [2.45, 2.75) is 32.3 Å². The Morgan fingerprint density at radius 3 is 2.24 bits per heavy atom. The number of ether oxygens (including phenoxy) is 2. The van der Waals surface area contributed by atoms with Crippen LogP contribution < -0.4 is 20.7 Å². The fourth-order valence-corrected chi connectivity index (χ4v) is 3.88. The van der Waals surface area contributed by atoms with E-state index in [9.17, 15) is 19.5 Å². The van der Waals surface area contributed by atoms with Crippen molar-refractivity contribution < 1.29 is 38.9 Å². The van der Waals surface area contributed by atoms with Gasteiger partial charge in [-0.25, -0.2) is 0 Å². The number of aliphatic carboxylic acids is 2. The molecule has 0 aromatic heterocycles. The van der Waals surface area contributed by atoms with Crippen LogP contribution >= 0.6 is 0 Å². The van der Waals surface area contributed by atoms with Crippen molar-refractivity contribution in [2.24, 2.45) is 5.73 Å². The lowest BCUT2D eigenvalue weighted by Crippen LogP contribution is -2.45. The van der Waals surface area contributed by atoms with Crippen LogP contribution in [0.25, 0.3) is 0 Å². The summed E-state index contributed by atoms with van der Waals surface area (Å²) in [6.07, 6.45) is -1.51. The second-order valence-electron chi connectivity index (χ2n) is 9.00. The van der Waals surface area contributed by atoms with Crippen molar-refractivity contribution in [1.82, 2.24) is 5.32 Å². The van der Waals surface area contributed by atoms with E-state index >= 15 is 0 Å². The van der Waals surface area contributed by atoms with Crippen LogP contribution in [0.15, 0.2) is 72.8 Å². The monoisotopic (exact) mass is 562 g/mol. The topological polar surface area (TPSA) is 192 Å². The second-order valence-corrected chi connectivity index (χ2v) is 9.00. The number of nitrogens with two attached hydrogens (primary N) is 1. The Kier molecular flexibility index (Phi) is 10.1. The summed E-state index contributed by atoms with van der Waals surface area (Å²) >= 11 is 0. The van der Waals surface area contributed by atoms with Crippen molar-refractivity contribution in [3.63, 3.8) is 0 Å². The number of anilines is 1. The molecule has 0 spiro atoms. The fourth-order valence-electron chi connectivity index (χ4n) is 3.88. The van der Waals surface area contributed by atoms with Gasteiger partial charge in [-0.05, 0) is 29.3 Å². The summed E-state index contributed by atoms with van der Waals surface area (Å²) in [6, 6.07) is 19.6. The third-order valence-corrected chi connectivity index (χ3v) is 5.90. The average Bonchev–Trinajstić information content (AvgIpc) is 2.93. The number of carboxylic acid groups (broad SMARTS) is 2. The summed E-state index contributed by atoms with van der Waals surface area (Å²) in [5, 5.41) is 27.0. The van der Waals surface area contributed by atoms with Crippen LogP contribution in [-0.4, -0.2) is 53.1 Å². The van der Waals surface area contributed by atoms with Gasteiger partial charge in [0.2, 0.25) is 0 Å². The van der Waals surface area contributed by atoms with Gasteiger partial charge in [0.25, 0.3) is 24.1 Å². The van der Waals surface area contributed by atoms with E-state index in [0.29, 0.717) is 16.8 Å². The Hall–Kier alpha value is -5.23. The number of nitrogens with one attached hydrogen (secondary N) is 2. The first-order valence-corrected chi connectivity index (χ1v) is 12.4. The molecular weight excluding hydrogens is 532 g/mol. The van der Waals surface area contributed by atoms with Gasteiger partial charge in [-0.1, -0.05) is 54.6 Å². The molecule has 214 valence electrons.